The molecule has 0 unspecified atom stereocenters. The maximum absolute atomic E-state index is 11.8. The molecule has 0 saturated heterocycles. The maximum Gasteiger partial charge on any atom is 0.243 e. The number of ether oxygens (including phenoxy) is 1. The molecule has 0 fully saturated rings. The first-order chi connectivity index (χ1) is 8.62. The molecule has 0 aliphatic rings. The molecule has 0 atom stereocenters. The van der Waals surface area contributed by atoms with Gasteiger partial charge >= 0.3 is 0 Å². The van der Waals surface area contributed by atoms with E-state index in [4.69, 9.17) is 4.74 Å². The van der Waals surface area contributed by atoms with Crippen molar-refractivity contribution in [1.82, 2.24) is 19.9 Å². The fraction of sp³-hybridized carbons (Fsp3) is 0.200. The summed E-state index contributed by atoms with van der Waals surface area (Å²) >= 11 is 0. The lowest BCUT2D eigenvalue weighted by Gasteiger charge is -2.05. The molecule has 8 heteroatoms. The van der Waals surface area contributed by atoms with Crippen LogP contribution in [0.5, 0.6) is 5.88 Å². The van der Waals surface area contributed by atoms with Gasteiger partial charge in [0.2, 0.25) is 15.9 Å². The fourth-order valence-electron chi connectivity index (χ4n) is 1.32. The molecule has 2 aromatic heterocycles. The minimum absolute atomic E-state index is 0.100. The molecular weight excluding hydrogens is 256 g/mol. The Kier molecular flexibility index (Phi) is 3.58. The van der Waals surface area contributed by atoms with Gasteiger partial charge in [-0.1, -0.05) is 0 Å². The van der Waals surface area contributed by atoms with Crippen molar-refractivity contribution >= 4 is 10.0 Å². The molecule has 0 saturated carbocycles. The van der Waals surface area contributed by atoms with Gasteiger partial charge in [-0.3, -0.25) is 5.10 Å². The molecule has 0 aliphatic heterocycles. The summed E-state index contributed by atoms with van der Waals surface area (Å²) in [7, 11) is -2.04. The van der Waals surface area contributed by atoms with Crippen LogP contribution in [0.15, 0.2) is 35.6 Å². The largest absolute Gasteiger partial charge is 0.481 e. The van der Waals surface area contributed by atoms with Crippen molar-refractivity contribution in [2.75, 3.05) is 7.11 Å². The van der Waals surface area contributed by atoms with Crippen LogP contribution in [0.3, 0.4) is 0 Å². The van der Waals surface area contributed by atoms with Gasteiger partial charge in [0.05, 0.1) is 13.3 Å². The number of sulfonamides is 1. The van der Waals surface area contributed by atoms with Crippen molar-refractivity contribution in [2.24, 2.45) is 0 Å². The zero-order chi connectivity index (χ0) is 13.0. The zero-order valence-electron chi connectivity index (χ0n) is 9.62. The van der Waals surface area contributed by atoms with Crippen LogP contribution in [0, 0.1) is 0 Å². The number of pyridine rings is 1. The zero-order valence-corrected chi connectivity index (χ0v) is 10.4. The topological polar surface area (TPSA) is 97.0 Å². The number of nitrogens with zero attached hydrogens (tertiary/aromatic N) is 2. The van der Waals surface area contributed by atoms with Crippen molar-refractivity contribution in [3.8, 4) is 5.88 Å². The third-order valence-electron chi connectivity index (χ3n) is 2.26. The van der Waals surface area contributed by atoms with Crippen LogP contribution < -0.4 is 9.46 Å². The van der Waals surface area contributed by atoms with Crippen molar-refractivity contribution in [3.05, 3.63) is 36.3 Å². The van der Waals surface area contributed by atoms with Gasteiger partial charge < -0.3 is 4.74 Å². The van der Waals surface area contributed by atoms with E-state index in [1.807, 2.05) is 0 Å². The standard InChI is InChI=1S/C10H12N4O3S/c1-17-10-4-8(2-3-11-10)5-14-18(15,16)9-6-12-13-7-9/h2-4,6-7,14H,5H2,1H3,(H,12,13). The van der Waals surface area contributed by atoms with Crippen molar-refractivity contribution < 1.29 is 13.2 Å². The van der Waals surface area contributed by atoms with E-state index in [0.717, 1.165) is 5.56 Å². The molecule has 2 rings (SSSR count). The van der Waals surface area contributed by atoms with Gasteiger partial charge in [0.15, 0.2) is 0 Å². The van der Waals surface area contributed by atoms with Crippen LogP contribution >= 0.6 is 0 Å². The highest BCUT2D eigenvalue weighted by Gasteiger charge is 2.14. The smallest absolute Gasteiger partial charge is 0.243 e. The summed E-state index contributed by atoms with van der Waals surface area (Å²) in [6.45, 7) is 0.159. The van der Waals surface area contributed by atoms with Crippen LogP contribution in [0.1, 0.15) is 5.56 Å². The van der Waals surface area contributed by atoms with E-state index in [1.165, 1.54) is 19.5 Å². The fourth-order valence-corrected chi connectivity index (χ4v) is 2.24. The molecule has 0 bridgehead atoms. The Hall–Kier alpha value is -1.93. The van der Waals surface area contributed by atoms with Crippen LogP contribution in [-0.4, -0.2) is 30.7 Å². The minimum atomic E-state index is -3.54. The second-order valence-corrected chi connectivity index (χ2v) is 5.23. The Morgan fingerprint density at radius 3 is 3.00 bits per heavy atom. The van der Waals surface area contributed by atoms with Crippen LogP contribution in [0.25, 0.3) is 0 Å². The average Bonchev–Trinajstić information content (AvgIpc) is 2.91. The molecule has 7 nitrogen and oxygen atoms in total. The number of hydrogen-bond donors (Lipinski definition) is 2. The van der Waals surface area contributed by atoms with E-state index < -0.39 is 10.0 Å². The third-order valence-corrected chi connectivity index (χ3v) is 3.63. The summed E-state index contributed by atoms with van der Waals surface area (Å²) in [5.74, 6) is 0.440. The summed E-state index contributed by atoms with van der Waals surface area (Å²) in [6.07, 6.45) is 4.12. The Morgan fingerprint density at radius 1 is 1.50 bits per heavy atom. The van der Waals surface area contributed by atoms with E-state index in [0.29, 0.717) is 5.88 Å². The Morgan fingerprint density at radius 2 is 2.33 bits per heavy atom. The quantitative estimate of drug-likeness (QED) is 0.812. The first-order valence-electron chi connectivity index (χ1n) is 5.09. The molecule has 0 aromatic carbocycles. The van der Waals surface area contributed by atoms with E-state index in [1.54, 1.807) is 18.3 Å². The summed E-state index contributed by atoms with van der Waals surface area (Å²) < 4.78 is 31.0. The molecule has 0 amide bonds. The highest BCUT2D eigenvalue weighted by Crippen LogP contribution is 2.10. The first-order valence-corrected chi connectivity index (χ1v) is 6.57. The molecule has 96 valence electrons. The molecule has 2 N–H and O–H groups in total. The van der Waals surface area contributed by atoms with Gasteiger partial charge in [-0.15, -0.1) is 0 Å². The molecule has 2 aromatic rings. The Balaban J connectivity index is 2.07. The Labute approximate surface area is 104 Å². The lowest BCUT2D eigenvalue weighted by atomic mass is 10.3. The predicted molar refractivity (Wildman–Crippen MR) is 63.4 cm³/mol. The lowest BCUT2D eigenvalue weighted by molar-refractivity contribution is 0.397. The summed E-state index contributed by atoms with van der Waals surface area (Å²) in [5.41, 5.74) is 0.758. The molecule has 2 heterocycles. The highest BCUT2D eigenvalue weighted by molar-refractivity contribution is 7.89. The minimum Gasteiger partial charge on any atom is -0.481 e. The van der Waals surface area contributed by atoms with E-state index in [2.05, 4.69) is 19.9 Å². The average molecular weight is 268 g/mol. The van der Waals surface area contributed by atoms with Crippen molar-refractivity contribution in [2.45, 2.75) is 11.4 Å². The number of hydrogen-bond acceptors (Lipinski definition) is 5. The number of aromatic nitrogens is 3. The maximum atomic E-state index is 11.8. The second kappa shape index (κ2) is 5.15. The Bertz CT molecular complexity index is 610. The van der Waals surface area contributed by atoms with Gasteiger partial charge in [0.1, 0.15) is 4.90 Å². The van der Waals surface area contributed by atoms with Crippen molar-refractivity contribution in [3.63, 3.8) is 0 Å². The van der Waals surface area contributed by atoms with Crippen LogP contribution in [-0.2, 0) is 16.6 Å². The summed E-state index contributed by atoms with van der Waals surface area (Å²) in [6, 6.07) is 3.37. The third kappa shape index (κ3) is 2.84. The van der Waals surface area contributed by atoms with Crippen LogP contribution in [0.2, 0.25) is 0 Å². The summed E-state index contributed by atoms with van der Waals surface area (Å²) in [5, 5.41) is 6.05. The molecular formula is C10H12N4O3S. The molecule has 18 heavy (non-hydrogen) atoms. The van der Waals surface area contributed by atoms with Gasteiger partial charge in [-0.05, 0) is 11.6 Å². The van der Waals surface area contributed by atoms with Crippen molar-refractivity contribution in [1.29, 1.82) is 0 Å². The molecule has 0 aliphatic carbocycles. The van der Waals surface area contributed by atoms with E-state index in [9.17, 15) is 8.42 Å². The number of aromatic amines is 1. The monoisotopic (exact) mass is 268 g/mol. The first kappa shape index (κ1) is 12.5. The van der Waals surface area contributed by atoms with Gasteiger partial charge in [0, 0.05) is 25.0 Å². The number of methoxy groups -OCH3 is 1. The number of H-pyrrole nitrogens is 1. The van der Waals surface area contributed by atoms with Crippen LogP contribution in [0.4, 0.5) is 0 Å². The van der Waals surface area contributed by atoms with E-state index in [-0.39, 0.29) is 11.4 Å². The second-order valence-electron chi connectivity index (χ2n) is 3.47. The lowest BCUT2D eigenvalue weighted by Crippen LogP contribution is -2.22. The van der Waals surface area contributed by atoms with Gasteiger partial charge in [-0.25, -0.2) is 18.1 Å². The predicted octanol–water partition coefficient (Wildman–Crippen LogP) is 0.292. The number of nitrogens with one attached hydrogen (secondary N) is 2. The SMILES string of the molecule is COc1cc(CNS(=O)(=O)c2cn[nH]c2)ccn1. The normalized spacial score (nSPS) is 11.4. The van der Waals surface area contributed by atoms with Gasteiger partial charge in [0.25, 0.3) is 0 Å². The molecule has 0 radical (unpaired) electrons. The number of rotatable bonds is 5. The van der Waals surface area contributed by atoms with Gasteiger partial charge in [-0.2, -0.15) is 5.10 Å². The van der Waals surface area contributed by atoms with E-state index >= 15 is 0 Å². The molecule has 0 spiro atoms. The highest BCUT2D eigenvalue weighted by atomic mass is 32.2. The summed E-state index contributed by atoms with van der Waals surface area (Å²) in [4.78, 5) is 4.04.